The Morgan fingerprint density at radius 2 is 1.50 bits per heavy atom. The Hall–Kier alpha value is -3.09. The minimum absolute atomic E-state index is 0.0369. The predicted molar refractivity (Wildman–Crippen MR) is 134 cm³/mol. The standard InChI is InChI=1S/C27H25ClN2O3S/c28-23-13-11-22(12-14-23)25-29-26(34(31,32)24-9-5-2-6-10-24)27(33-25)30-17-15-21(16-18-30)19-20-7-3-1-4-8-20/h1-14,21H,15-19H2. The Balaban J connectivity index is 1.45. The van der Waals surface area contributed by atoms with Crippen LogP contribution in [-0.4, -0.2) is 26.5 Å². The molecule has 1 aliphatic heterocycles. The number of benzene rings is 3. The zero-order valence-electron chi connectivity index (χ0n) is 18.6. The van der Waals surface area contributed by atoms with Crippen LogP contribution in [0.25, 0.3) is 11.5 Å². The van der Waals surface area contributed by atoms with Crippen molar-refractivity contribution in [3.8, 4) is 11.5 Å². The van der Waals surface area contributed by atoms with E-state index in [0.717, 1.165) is 19.3 Å². The molecule has 0 radical (unpaired) electrons. The smallest absolute Gasteiger partial charge is 0.236 e. The number of oxazole rings is 1. The molecule has 1 fully saturated rings. The maximum absolute atomic E-state index is 13.5. The Kier molecular flexibility index (Phi) is 6.44. The van der Waals surface area contributed by atoms with Crippen LogP contribution in [0.1, 0.15) is 18.4 Å². The van der Waals surface area contributed by atoms with E-state index < -0.39 is 9.84 Å². The molecule has 0 saturated carbocycles. The molecule has 1 aliphatic rings. The van der Waals surface area contributed by atoms with E-state index in [0.29, 0.717) is 35.5 Å². The molecule has 0 atom stereocenters. The molecule has 0 spiro atoms. The molecule has 0 aliphatic carbocycles. The summed E-state index contributed by atoms with van der Waals surface area (Å²) in [5, 5.41) is 0.554. The van der Waals surface area contributed by atoms with E-state index in [4.69, 9.17) is 16.0 Å². The molecule has 5 rings (SSSR count). The van der Waals surface area contributed by atoms with Gasteiger partial charge in [0.05, 0.1) is 4.90 Å². The molecular weight excluding hydrogens is 468 g/mol. The van der Waals surface area contributed by atoms with Gasteiger partial charge in [0.25, 0.3) is 0 Å². The first kappa shape index (κ1) is 22.7. The van der Waals surface area contributed by atoms with Crippen molar-refractivity contribution < 1.29 is 12.8 Å². The summed E-state index contributed by atoms with van der Waals surface area (Å²) in [4.78, 5) is 6.70. The second-order valence-corrected chi connectivity index (χ2v) is 10.9. The molecule has 0 amide bonds. The predicted octanol–water partition coefficient (Wildman–Crippen LogP) is 6.29. The summed E-state index contributed by atoms with van der Waals surface area (Å²) in [5.74, 6) is 1.13. The van der Waals surface area contributed by atoms with Gasteiger partial charge in [-0.25, -0.2) is 8.42 Å². The SMILES string of the molecule is O=S(=O)(c1ccccc1)c1nc(-c2ccc(Cl)cc2)oc1N1CCC(Cc2ccccc2)CC1. The molecule has 0 unspecified atom stereocenters. The van der Waals surface area contributed by atoms with Crippen molar-refractivity contribution in [3.63, 3.8) is 0 Å². The molecule has 2 heterocycles. The van der Waals surface area contributed by atoms with Crippen LogP contribution in [0, 0.1) is 5.92 Å². The third kappa shape index (κ3) is 4.74. The quantitative estimate of drug-likeness (QED) is 0.316. The maximum Gasteiger partial charge on any atom is 0.236 e. The van der Waals surface area contributed by atoms with Crippen molar-refractivity contribution in [2.45, 2.75) is 29.2 Å². The second kappa shape index (κ2) is 9.65. The van der Waals surface area contributed by atoms with Crippen molar-refractivity contribution in [2.75, 3.05) is 18.0 Å². The lowest BCUT2D eigenvalue weighted by Gasteiger charge is -2.32. The van der Waals surface area contributed by atoms with Gasteiger partial charge in [0.2, 0.25) is 26.6 Å². The number of aromatic nitrogens is 1. The lowest BCUT2D eigenvalue weighted by atomic mass is 9.90. The summed E-state index contributed by atoms with van der Waals surface area (Å²) in [6.45, 7) is 1.42. The number of rotatable bonds is 6. The van der Waals surface area contributed by atoms with E-state index in [1.54, 1.807) is 54.6 Å². The van der Waals surface area contributed by atoms with Gasteiger partial charge in [-0.05, 0) is 67.1 Å². The van der Waals surface area contributed by atoms with Gasteiger partial charge >= 0.3 is 0 Å². The summed E-state index contributed by atoms with van der Waals surface area (Å²) >= 11 is 6.03. The van der Waals surface area contributed by atoms with Gasteiger partial charge in [0.15, 0.2) is 0 Å². The van der Waals surface area contributed by atoms with Crippen LogP contribution in [0.4, 0.5) is 5.88 Å². The van der Waals surface area contributed by atoms with Crippen molar-refractivity contribution in [3.05, 3.63) is 95.5 Å². The van der Waals surface area contributed by atoms with Gasteiger partial charge in [-0.2, -0.15) is 4.98 Å². The lowest BCUT2D eigenvalue weighted by Crippen LogP contribution is -2.34. The molecule has 7 heteroatoms. The van der Waals surface area contributed by atoms with Gasteiger partial charge in [-0.15, -0.1) is 0 Å². The van der Waals surface area contributed by atoms with Crippen LogP contribution < -0.4 is 4.90 Å². The first-order valence-corrected chi connectivity index (χ1v) is 13.2. The number of piperidine rings is 1. The third-order valence-corrected chi connectivity index (χ3v) is 8.17. The summed E-state index contributed by atoms with van der Waals surface area (Å²) in [5.41, 5.74) is 2.01. The highest BCUT2D eigenvalue weighted by molar-refractivity contribution is 7.91. The summed E-state index contributed by atoms with van der Waals surface area (Å²) in [6.07, 6.45) is 2.93. The fourth-order valence-corrected chi connectivity index (χ4v) is 5.86. The van der Waals surface area contributed by atoms with Crippen molar-refractivity contribution in [2.24, 2.45) is 5.92 Å². The fraction of sp³-hybridized carbons (Fsp3) is 0.222. The molecule has 4 aromatic rings. The van der Waals surface area contributed by atoms with Gasteiger partial charge < -0.3 is 9.32 Å². The average Bonchev–Trinajstić information content (AvgIpc) is 3.33. The van der Waals surface area contributed by atoms with E-state index >= 15 is 0 Å². The number of sulfone groups is 1. The summed E-state index contributed by atoms with van der Waals surface area (Å²) in [6, 6.07) is 25.9. The molecule has 0 bridgehead atoms. The molecule has 174 valence electrons. The zero-order valence-corrected chi connectivity index (χ0v) is 20.2. The summed E-state index contributed by atoms with van der Waals surface area (Å²) in [7, 11) is -3.85. The fourth-order valence-electron chi connectivity index (χ4n) is 4.39. The van der Waals surface area contributed by atoms with E-state index in [-0.39, 0.29) is 15.8 Å². The van der Waals surface area contributed by atoms with Crippen LogP contribution in [0.5, 0.6) is 0 Å². The van der Waals surface area contributed by atoms with Crippen LogP contribution in [0.2, 0.25) is 5.02 Å². The first-order chi connectivity index (χ1) is 16.5. The minimum atomic E-state index is -3.85. The van der Waals surface area contributed by atoms with Crippen LogP contribution in [0.15, 0.2) is 99.3 Å². The minimum Gasteiger partial charge on any atom is -0.419 e. The average molecular weight is 493 g/mol. The van der Waals surface area contributed by atoms with Crippen molar-refractivity contribution >= 4 is 27.3 Å². The Labute approximate surface area is 204 Å². The van der Waals surface area contributed by atoms with Gasteiger partial charge in [-0.1, -0.05) is 60.1 Å². The molecule has 5 nitrogen and oxygen atoms in total. The molecule has 34 heavy (non-hydrogen) atoms. The molecular formula is C27H25ClN2O3S. The van der Waals surface area contributed by atoms with Gasteiger partial charge in [-0.3, -0.25) is 0 Å². The lowest BCUT2D eigenvalue weighted by molar-refractivity contribution is 0.387. The zero-order chi connectivity index (χ0) is 23.5. The Morgan fingerprint density at radius 3 is 2.15 bits per heavy atom. The summed E-state index contributed by atoms with van der Waals surface area (Å²) < 4.78 is 33.2. The number of halogens is 1. The highest BCUT2D eigenvalue weighted by Gasteiger charge is 2.33. The molecule has 1 aromatic heterocycles. The van der Waals surface area contributed by atoms with E-state index in [1.165, 1.54) is 5.56 Å². The normalized spacial score (nSPS) is 14.9. The third-order valence-electron chi connectivity index (χ3n) is 6.25. The monoisotopic (exact) mass is 492 g/mol. The van der Waals surface area contributed by atoms with Gasteiger partial charge in [0, 0.05) is 23.7 Å². The van der Waals surface area contributed by atoms with Crippen molar-refractivity contribution in [1.29, 1.82) is 0 Å². The van der Waals surface area contributed by atoms with Gasteiger partial charge in [0.1, 0.15) is 0 Å². The number of nitrogens with zero attached hydrogens (tertiary/aromatic N) is 2. The maximum atomic E-state index is 13.5. The largest absolute Gasteiger partial charge is 0.419 e. The van der Waals surface area contributed by atoms with Crippen LogP contribution in [0.3, 0.4) is 0 Å². The molecule has 3 aromatic carbocycles. The topological polar surface area (TPSA) is 63.4 Å². The number of hydrogen-bond donors (Lipinski definition) is 0. The van der Waals surface area contributed by atoms with Crippen LogP contribution >= 0.6 is 11.6 Å². The van der Waals surface area contributed by atoms with E-state index in [1.807, 2.05) is 11.0 Å². The van der Waals surface area contributed by atoms with Crippen molar-refractivity contribution in [1.82, 2.24) is 4.98 Å². The Morgan fingerprint density at radius 1 is 0.882 bits per heavy atom. The molecule has 1 saturated heterocycles. The highest BCUT2D eigenvalue weighted by atomic mass is 35.5. The van der Waals surface area contributed by atoms with Crippen LogP contribution in [-0.2, 0) is 16.3 Å². The van der Waals surface area contributed by atoms with E-state index in [9.17, 15) is 8.42 Å². The van der Waals surface area contributed by atoms with E-state index in [2.05, 4.69) is 29.2 Å². The molecule has 0 N–H and O–H groups in total. The Bertz CT molecular complexity index is 1350. The number of anilines is 1. The number of hydrogen-bond acceptors (Lipinski definition) is 5. The first-order valence-electron chi connectivity index (χ1n) is 11.4. The second-order valence-electron chi connectivity index (χ2n) is 8.57. The highest BCUT2D eigenvalue weighted by Crippen LogP contribution is 2.37.